The van der Waals surface area contributed by atoms with Gasteiger partial charge in [-0.2, -0.15) is 0 Å². The molecule has 1 aromatic heterocycles. The summed E-state index contributed by atoms with van der Waals surface area (Å²) in [6.07, 6.45) is 3.10. The summed E-state index contributed by atoms with van der Waals surface area (Å²) in [5, 5.41) is 0.312. The van der Waals surface area contributed by atoms with E-state index in [-0.39, 0.29) is 5.78 Å². The summed E-state index contributed by atoms with van der Waals surface area (Å²) >= 11 is 6.11. The number of ether oxygens (including phenoxy) is 2. The summed E-state index contributed by atoms with van der Waals surface area (Å²) < 4.78 is 10.3. The van der Waals surface area contributed by atoms with E-state index in [0.29, 0.717) is 27.6 Å². The number of ketones is 1. The largest absolute Gasteiger partial charge is 0.493 e. The van der Waals surface area contributed by atoms with Gasteiger partial charge in [-0.15, -0.1) is 0 Å². The molecule has 0 aliphatic heterocycles. The number of methoxy groups -OCH3 is 2. The fourth-order valence-corrected chi connectivity index (χ4v) is 1.92. The highest BCUT2D eigenvalue weighted by Gasteiger charge is 2.17. The molecule has 0 bridgehead atoms. The van der Waals surface area contributed by atoms with Crippen LogP contribution in [0.3, 0.4) is 0 Å². The highest BCUT2D eigenvalue weighted by molar-refractivity contribution is 6.35. The molecule has 1 aromatic carbocycles. The van der Waals surface area contributed by atoms with E-state index >= 15 is 0 Å². The van der Waals surface area contributed by atoms with Gasteiger partial charge in [0, 0.05) is 29.6 Å². The first kappa shape index (κ1) is 13.4. The average molecular weight is 278 g/mol. The fourth-order valence-electron chi connectivity index (χ4n) is 1.68. The number of carbonyl (C=O) groups is 1. The van der Waals surface area contributed by atoms with Gasteiger partial charge in [0.1, 0.15) is 0 Å². The summed E-state index contributed by atoms with van der Waals surface area (Å²) in [7, 11) is 3.01. The van der Waals surface area contributed by atoms with E-state index < -0.39 is 0 Å². The van der Waals surface area contributed by atoms with Crippen molar-refractivity contribution in [3.63, 3.8) is 0 Å². The fraction of sp³-hybridized carbons (Fsp3) is 0.143. The van der Waals surface area contributed by atoms with E-state index in [1.165, 1.54) is 20.4 Å². The lowest BCUT2D eigenvalue weighted by atomic mass is 10.0. The number of hydrogen-bond donors (Lipinski definition) is 0. The van der Waals surface area contributed by atoms with Crippen LogP contribution in [-0.4, -0.2) is 25.0 Å². The van der Waals surface area contributed by atoms with Crippen molar-refractivity contribution in [3.05, 3.63) is 52.8 Å². The molecule has 0 N–H and O–H groups in total. The Kier molecular flexibility index (Phi) is 4.02. The number of rotatable bonds is 4. The van der Waals surface area contributed by atoms with Gasteiger partial charge in [-0.1, -0.05) is 11.6 Å². The number of pyridine rings is 1. The van der Waals surface area contributed by atoms with Crippen molar-refractivity contribution >= 4 is 17.4 Å². The minimum absolute atomic E-state index is 0.209. The maximum absolute atomic E-state index is 12.3. The Morgan fingerprint density at radius 3 is 2.47 bits per heavy atom. The molecule has 19 heavy (non-hydrogen) atoms. The Morgan fingerprint density at radius 1 is 1.21 bits per heavy atom. The quantitative estimate of drug-likeness (QED) is 0.806. The predicted molar refractivity (Wildman–Crippen MR) is 72.2 cm³/mol. The molecule has 0 radical (unpaired) electrons. The normalized spacial score (nSPS) is 10.1. The van der Waals surface area contributed by atoms with Crippen molar-refractivity contribution in [1.82, 2.24) is 4.98 Å². The molecule has 0 atom stereocenters. The molecule has 2 aromatic rings. The molecule has 0 saturated heterocycles. The first-order chi connectivity index (χ1) is 9.17. The molecule has 0 saturated carbocycles. The lowest BCUT2D eigenvalue weighted by molar-refractivity contribution is 0.103. The molecule has 98 valence electrons. The number of nitrogens with zero attached hydrogens (tertiary/aromatic N) is 1. The van der Waals surface area contributed by atoms with Crippen LogP contribution in [0.2, 0.25) is 5.02 Å². The van der Waals surface area contributed by atoms with E-state index in [4.69, 9.17) is 21.1 Å². The molecule has 0 aliphatic carbocycles. The molecule has 0 spiro atoms. The minimum atomic E-state index is -0.209. The summed E-state index contributed by atoms with van der Waals surface area (Å²) in [6.45, 7) is 0. The van der Waals surface area contributed by atoms with E-state index in [1.807, 2.05) is 0 Å². The zero-order valence-corrected chi connectivity index (χ0v) is 11.3. The van der Waals surface area contributed by atoms with Gasteiger partial charge < -0.3 is 9.47 Å². The molecule has 0 fully saturated rings. The Morgan fingerprint density at radius 2 is 1.89 bits per heavy atom. The number of aromatic nitrogens is 1. The SMILES string of the molecule is COc1cc(Cl)c(C(=O)c2cccnc2)cc1OC. The summed E-state index contributed by atoms with van der Waals surface area (Å²) in [5.41, 5.74) is 0.823. The molecule has 5 heteroatoms. The molecular formula is C14H12ClNO3. The van der Waals surface area contributed by atoms with E-state index in [2.05, 4.69) is 4.98 Å². The van der Waals surface area contributed by atoms with Crippen LogP contribution in [0, 0.1) is 0 Å². The second kappa shape index (κ2) is 5.71. The zero-order chi connectivity index (χ0) is 13.8. The van der Waals surface area contributed by atoms with Crippen molar-refractivity contribution < 1.29 is 14.3 Å². The van der Waals surface area contributed by atoms with Crippen LogP contribution in [0.1, 0.15) is 15.9 Å². The van der Waals surface area contributed by atoms with Gasteiger partial charge in [0.15, 0.2) is 17.3 Å². The lowest BCUT2D eigenvalue weighted by Gasteiger charge is -2.11. The molecule has 2 rings (SSSR count). The summed E-state index contributed by atoms with van der Waals surface area (Å²) in [4.78, 5) is 16.2. The summed E-state index contributed by atoms with van der Waals surface area (Å²) in [5.74, 6) is 0.730. The predicted octanol–water partition coefficient (Wildman–Crippen LogP) is 2.98. The topological polar surface area (TPSA) is 48.4 Å². The van der Waals surface area contributed by atoms with Crippen LogP contribution in [0.5, 0.6) is 11.5 Å². The van der Waals surface area contributed by atoms with Gasteiger partial charge in [-0.3, -0.25) is 9.78 Å². The third-order valence-corrected chi connectivity index (χ3v) is 2.95. The lowest BCUT2D eigenvalue weighted by Crippen LogP contribution is -2.04. The van der Waals surface area contributed by atoms with Crippen molar-refractivity contribution in [2.75, 3.05) is 14.2 Å². The molecule has 1 heterocycles. The van der Waals surface area contributed by atoms with Gasteiger partial charge in [0.25, 0.3) is 0 Å². The average Bonchev–Trinajstić information content (AvgIpc) is 2.47. The van der Waals surface area contributed by atoms with Crippen LogP contribution < -0.4 is 9.47 Å². The Bertz CT molecular complexity index is 599. The van der Waals surface area contributed by atoms with Gasteiger partial charge >= 0.3 is 0 Å². The highest BCUT2D eigenvalue weighted by Crippen LogP contribution is 2.33. The summed E-state index contributed by atoms with van der Waals surface area (Å²) in [6, 6.07) is 6.50. The molecule has 0 unspecified atom stereocenters. The molecule has 0 amide bonds. The smallest absolute Gasteiger partial charge is 0.196 e. The Balaban J connectivity index is 2.48. The number of hydrogen-bond acceptors (Lipinski definition) is 4. The van der Waals surface area contributed by atoms with Crippen LogP contribution in [0.4, 0.5) is 0 Å². The van der Waals surface area contributed by atoms with Crippen molar-refractivity contribution in [2.24, 2.45) is 0 Å². The highest BCUT2D eigenvalue weighted by atomic mass is 35.5. The van der Waals surface area contributed by atoms with Crippen LogP contribution in [-0.2, 0) is 0 Å². The number of carbonyl (C=O) groups excluding carboxylic acids is 1. The van der Waals surface area contributed by atoms with Gasteiger partial charge in [0.2, 0.25) is 0 Å². The number of benzene rings is 1. The van der Waals surface area contributed by atoms with Crippen molar-refractivity contribution in [1.29, 1.82) is 0 Å². The van der Waals surface area contributed by atoms with E-state index in [1.54, 1.807) is 30.5 Å². The van der Waals surface area contributed by atoms with Gasteiger partial charge in [-0.05, 0) is 18.2 Å². The second-order valence-electron chi connectivity index (χ2n) is 3.76. The Hall–Kier alpha value is -2.07. The van der Waals surface area contributed by atoms with Crippen LogP contribution in [0.25, 0.3) is 0 Å². The molecular weight excluding hydrogens is 266 g/mol. The Labute approximate surface area is 115 Å². The maximum atomic E-state index is 12.3. The third kappa shape index (κ3) is 2.69. The molecule has 0 aliphatic rings. The van der Waals surface area contributed by atoms with Crippen molar-refractivity contribution in [2.45, 2.75) is 0 Å². The standard InChI is InChI=1S/C14H12ClNO3/c1-18-12-6-10(11(15)7-13(12)19-2)14(17)9-4-3-5-16-8-9/h3-8H,1-2H3. The monoisotopic (exact) mass is 277 g/mol. The van der Waals surface area contributed by atoms with Gasteiger partial charge in [-0.25, -0.2) is 0 Å². The third-order valence-electron chi connectivity index (χ3n) is 2.64. The number of halogens is 1. The van der Waals surface area contributed by atoms with E-state index in [0.717, 1.165) is 0 Å². The first-order valence-electron chi connectivity index (χ1n) is 5.53. The minimum Gasteiger partial charge on any atom is -0.493 e. The van der Waals surface area contributed by atoms with Crippen LogP contribution >= 0.6 is 11.6 Å². The van der Waals surface area contributed by atoms with Gasteiger partial charge in [0.05, 0.1) is 19.2 Å². The second-order valence-corrected chi connectivity index (χ2v) is 4.17. The zero-order valence-electron chi connectivity index (χ0n) is 10.5. The molecule has 4 nitrogen and oxygen atoms in total. The maximum Gasteiger partial charge on any atom is 0.196 e. The van der Waals surface area contributed by atoms with Crippen molar-refractivity contribution in [3.8, 4) is 11.5 Å². The van der Waals surface area contributed by atoms with E-state index in [9.17, 15) is 4.79 Å². The van der Waals surface area contributed by atoms with Crippen LogP contribution in [0.15, 0.2) is 36.7 Å². The first-order valence-corrected chi connectivity index (χ1v) is 5.91.